The van der Waals surface area contributed by atoms with Crippen molar-refractivity contribution in [2.45, 2.75) is 255 Å². The quantitative estimate of drug-likeness (QED) is 0.0400. The largest absolute Gasteiger partial charge is 0.457 e. The van der Waals surface area contributed by atoms with Crippen LogP contribution in [-0.2, 0) is 137 Å². The first-order chi connectivity index (χ1) is 52.3. The molecule has 0 aromatic heterocycles. The highest BCUT2D eigenvalue weighted by molar-refractivity contribution is 5.66. The Morgan fingerprint density at radius 2 is 0.889 bits per heavy atom. The van der Waals surface area contributed by atoms with Crippen LogP contribution < -0.4 is 0 Å². The molecule has 584 valence electrons. The zero-order chi connectivity index (χ0) is 75.1. The van der Waals surface area contributed by atoms with Gasteiger partial charge in [0, 0.05) is 36.2 Å². The Hall–Kier alpha value is -6.01. The highest BCUT2D eigenvalue weighted by atomic mass is 16.9. The third-order valence-electron chi connectivity index (χ3n) is 22.3. The number of rotatable bonds is 29. The first-order valence-electron chi connectivity index (χ1n) is 38.5. The van der Waals surface area contributed by atoms with Gasteiger partial charge in [-0.2, -0.15) is 0 Å². The number of benzene rings is 6. The van der Waals surface area contributed by atoms with Gasteiger partial charge in [0.25, 0.3) is 0 Å². The fraction of sp³-hybridized carbons (Fsp3) is 0.570. The Balaban J connectivity index is 0.823. The molecule has 0 saturated carbocycles. The van der Waals surface area contributed by atoms with Crippen LogP contribution >= 0.6 is 0 Å². The van der Waals surface area contributed by atoms with Crippen LogP contribution in [0.5, 0.6) is 0 Å². The Morgan fingerprint density at radius 1 is 0.417 bits per heavy atom. The van der Waals surface area contributed by atoms with E-state index in [0.717, 1.165) is 33.4 Å². The standard InChI is InChI=1S/C86H108O22/c1-52-42-94-82(77(93-47-65-38-26-16-27-39-65)68(52)106-86-51-90-50-85(86,49-89-44-62-32-20-13-21-33-62)107-81(108-86)66-40-28-17-29-41-66)102-72-59(8)97-79(101-74-58(7)95-57(6)73(98-60(9)87)76(74)103-83-78-71(53(2)56(5)96-83)104-84(10,11)105-78)55(4)70(72)100-80-54(3)69(91-45-63-34-22-14-23-35-63)75(92-46-64-36-24-15-25-37-64)67(99-80)48-88-43-61-30-18-12-19-31-61/h12-41,52-59,67-83H,42-51H2,1-11H3/t52-,53+,54-,55+,56?,57?,58+,59?,67?,68?,69?,70?,71?,72+,73+,74+,75-,76?,77-,78+,79+,80+,81-,82+,83+,85+,86?/m1/s1. The molecule has 8 saturated heterocycles. The number of fused-ring (bicyclic) bond motifs is 2. The van der Waals surface area contributed by atoms with Gasteiger partial charge < -0.3 is 99.5 Å². The van der Waals surface area contributed by atoms with Crippen LogP contribution in [-0.4, -0.2) is 179 Å². The normalized spacial score (nSPS) is 38.0. The van der Waals surface area contributed by atoms with E-state index in [4.69, 9.17) is 99.5 Å². The number of hydrogen-bond donors (Lipinski definition) is 0. The first-order valence-corrected chi connectivity index (χ1v) is 38.5. The van der Waals surface area contributed by atoms with Gasteiger partial charge in [0.05, 0.1) is 108 Å². The smallest absolute Gasteiger partial charge is 0.303 e. The Bertz CT molecular complexity index is 3740. The maximum absolute atomic E-state index is 13.3. The van der Waals surface area contributed by atoms with E-state index in [9.17, 15) is 4.79 Å². The number of esters is 1. The topological polar surface area (TPSA) is 211 Å². The molecule has 8 fully saturated rings. The third kappa shape index (κ3) is 18.0. The summed E-state index contributed by atoms with van der Waals surface area (Å²) in [6.07, 6.45) is -17.1. The van der Waals surface area contributed by atoms with Crippen LogP contribution in [0, 0.1) is 23.7 Å². The van der Waals surface area contributed by atoms with Gasteiger partial charge in [-0.05, 0) is 69.4 Å². The average molecular weight is 1490 g/mol. The molecule has 22 nitrogen and oxygen atoms in total. The highest BCUT2D eigenvalue weighted by Gasteiger charge is 2.69. The van der Waals surface area contributed by atoms with Crippen molar-refractivity contribution in [2.75, 3.05) is 33.0 Å². The maximum atomic E-state index is 13.3. The summed E-state index contributed by atoms with van der Waals surface area (Å²) in [6, 6.07) is 59.9. The lowest BCUT2D eigenvalue weighted by molar-refractivity contribution is -0.390. The maximum Gasteiger partial charge on any atom is 0.303 e. The molecule has 8 aliphatic rings. The second kappa shape index (κ2) is 35.4. The molecule has 0 radical (unpaired) electrons. The fourth-order valence-electron chi connectivity index (χ4n) is 16.3. The Kier molecular flexibility index (Phi) is 25.8. The lowest BCUT2D eigenvalue weighted by Crippen LogP contribution is -2.66. The first kappa shape index (κ1) is 78.7. The van der Waals surface area contributed by atoms with Crippen molar-refractivity contribution in [3.8, 4) is 0 Å². The summed E-state index contributed by atoms with van der Waals surface area (Å²) in [7, 11) is 0. The fourth-order valence-corrected chi connectivity index (χ4v) is 16.3. The summed E-state index contributed by atoms with van der Waals surface area (Å²) < 4.78 is 147. The van der Waals surface area contributed by atoms with E-state index in [-0.39, 0.29) is 76.9 Å². The van der Waals surface area contributed by atoms with Crippen molar-refractivity contribution >= 4 is 5.97 Å². The van der Waals surface area contributed by atoms with Crippen molar-refractivity contribution in [1.82, 2.24) is 0 Å². The second-order valence-electron chi connectivity index (χ2n) is 30.9. The molecule has 27 atom stereocenters. The Morgan fingerprint density at radius 3 is 1.49 bits per heavy atom. The molecule has 22 heteroatoms. The lowest BCUT2D eigenvalue weighted by Gasteiger charge is -2.52. The number of carbonyl (C=O) groups excluding carboxylic acids is 1. The van der Waals surface area contributed by atoms with Gasteiger partial charge in [0.15, 0.2) is 48.9 Å². The van der Waals surface area contributed by atoms with Crippen LogP contribution in [0.25, 0.3) is 0 Å². The minimum atomic E-state index is -1.52. The second-order valence-corrected chi connectivity index (χ2v) is 30.9. The minimum Gasteiger partial charge on any atom is -0.457 e. The molecule has 0 bridgehead atoms. The Labute approximate surface area is 634 Å². The molecule has 0 aliphatic carbocycles. The van der Waals surface area contributed by atoms with Crippen molar-refractivity contribution < 1.29 is 104 Å². The van der Waals surface area contributed by atoms with Gasteiger partial charge >= 0.3 is 5.97 Å². The summed E-state index contributed by atoms with van der Waals surface area (Å²) in [5.74, 6) is -4.57. The van der Waals surface area contributed by atoms with Crippen LogP contribution in [0.3, 0.4) is 0 Å². The minimum absolute atomic E-state index is 0.0188. The van der Waals surface area contributed by atoms with Crippen molar-refractivity contribution in [3.05, 3.63) is 215 Å². The van der Waals surface area contributed by atoms with Gasteiger partial charge in [-0.3, -0.25) is 4.79 Å². The van der Waals surface area contributed by atoms with Crippen LogP contribution in [0.2, 0.25) is 0 Å². The zero-order valence-corrected chi connectivity index (χ0v) is 63.8. The van der Waals surface area contributed by atoms with E-state index in [2.05, 4.69) is 20.8 Å². The van der Waals surface area contributed by atoms with Crippen molar-refractivity contribution in [1.29, 1.82) is 0 Å². The third-order valence-corrected chi connectivity index (χ3v) is 22.3. The van der Waals surface area contributed by atoms with Gasteiger partial charge in [-0.25, -0.2) is 0 Å². The summed E-state index contributed by atoms with van der Waals surface area (Å²) in [6.45, 7) is 22.8. The average Bonchev–Trinajstić information content (AvgIpc) is 1.53. The molecule has 0 amide bonds. The monoisotopic (exact) mass is 1490 g/mol. The van der Waals surface area contributed by atoms with Gasteiger partial charge in [0.1, 0.15) is 49.3 Å². The van der Waals surface area contributed by atoms with E-state index in [1.54, 1.807) is 0 Å². The predicted octanol–water partition coefficient (Wildman–Crippen LogP) is 12.7. The summed E-state index contributed by atoms with van der Waals surface area (Å²) in [5.41, 5.74) is 4.42. The molecule has 6 aromatic carbocycles. The zero-order valence-electron chi connectivity index (χ0n) is 63.8. The van der Waals surface area contributed by atoms with Crippen molar-refractivity contribution in [2.24, 2.45) is 23.7 Å². The van der Waals surface area contributed by atoms with Crippen LogP contribution in [0.1, 0.15) is 116 Å². The molecule has 108 heavy (non-hydrogen) atoms. The molecular weight excluding hydrogens is 1380 g/mol. The van der Waals surface area contributed by atoms with Crippen molar-refractivity contribution in [3.63, 3.8) is 0 Å². The molecule has 10 unspecified atom stereocenters. The highest BCUT2D eigenvalue weighted by Crippen LogP contribution is 2.53. The molecule has 14 rings (SSSR count). The van der Waals surface area contributed by atoms with E-state index < -0.39 is 152 Å². The molecule has 8 aliphatic heterocycles. The van der Waals surface area contributed by atoms with Gasteiger partial charge in [-0.15, -0.1) is 0 Å². The van der Waals surface area contributed by atoms with Gasteiger partial charge in [-0.1, -0.05) is 210 Å². The summed E-state index contributed by atoms with van der Waals surface area (Å²) in [4.78, 5) is 13.3. The van der Waals surface area contributed by atoms with E-state index in [1.807, 2.05) is 230 Å². The van der Waals surface area contributed by atoms with E-state index in [0.29, 0.717) is 13.2 Å². The SMILES string of the molecule is CC(=O)O[C@H]1C(C)O[C@@H](C)[C@H](O[C@@H]2OC(C)[C@H](O[C@@H]3OC[C@@H](C)C(OC45COC[C@]4(COCc4ccccc4)O[C@@H](c4ccccc4)O5)[C@H]3OCc3ccccc3)C(O[C@@H]3OC(COCc4ccccc4)[C@@H](OCc4ccccc4)C(OCc4ccccc4)[C@H]3C)[C@@H]2C)C1O[C@@H]1OC(C)[C@H](C)C2OC(C)(C)O[C@@H]21. The summed E-state index contributed by atoms with van der Waals surface area (Å²) >= 11 is 0. The molecule has 8 heterocycles. The van der Waals surface area contributed by atoms with Crippen LogP contribution in [0.15, 0.2) is 182 Å². The number of ether oxygens (including phenoxy) is 21. The molecule has 6 aromatic rings. The predicted molar refractivity (Wildman–Crippen MR) is 392 cm³/mol. The summed E-state index contributed by atoms with van der Waals surface area (Å²) in [5, 5.41) is 0. The molecule has 0 spiro atoms. The lowest BCUT2D eigenvalue weighted by atomic mass is 9.89. The molecule has 0 N–H and O–H groups in total. The van der Waals surface area contributed by atoms with Gasteiger partial charge in [0.2, 0.25) is 5.79 Å². The number of carbonyl (C=O) groups is 1. The number of hydrogen-bond acceptors (Lipinski definition) is 22. The molecular formula is C86H108O22. The van der Waals surface area contributed by atoms with Crippen LogP contribution in [0.4, 0.5) is 0 Å². The van der Waals surface area contributed by atoms with E-state index in [1.165, 1.54) is 6.92 Å². The van der Waals surface area contributed by atoms with E-state index >= 15 is 0 Å².